The van der Waals surface area contributed by atoms with Crippen LogP contribution in [-0.4, -0.2) is 55.9 Å². The lowest BCUT2D eigenvalue weighted by Crippen LogP contribution is -2.47. The number of hydrogen-bond acceptors (Lipinski definition) is 5. The van der Waals surface area contributed by atoms with Gasteiger partial charge in [-0.15, -0.1) is 0 Å². The highest BCUT2D eigenvalue weighted by molar-refractivity contribution is 7.91. The SMILES string of the molecule is CC1CCC(OCC(O)CNC2(C)CCS(=O)(=O)C2)CC1. The summed E-state index contributed by atoms with van der Waals surface area (Å²) in [5, 5.41) is 13.2. The van der Waals surface area contributed by atoms with Crippen LogP contribution >= 0.6 is 0 Å². The minimum atomic E-state index is -2.91. The second-order valence-electron chi connectivity index (χ2n) is 7.15. The summed E-state index contributed by atoms with van der Waals surface area (Å²) in [6, 6.07) is 0. The van der Waals surface area contributed by atoms with E-state index >= 15 is 0 Å². The van der Waals surface area contributed by atoms with Crippen LogP contribution in [0.5, 0.6) is 0 Å². The lowest BCUT2D eigenvalue weighted by molar-refractivity contribution is -0.0291. The lowest BCUT2D eigenvalue weighted by atomic mass is 9.89. The van der Waals surface area contributed by atoms with Crippen molar-refractivity contribution in [1.29, 1.82) is 0 Å². The topological polar surface area (TPSA) is 75.6 Å². The fourth-order valence-corrected chi connectivity index (χ4v) is 5.34. The zero-order valence-electron chi connectivity index (χ0n) is 13.2. The Morgan fingerprint density at radius 2 is 2.00 bits per heavy atom. The molecule has 0 bridgehead atoms. The minimum absolute atomic E-state index is 0.161. The quantitative estimate of drug-likeness (QED) is 0.767. The van der Waals surface area contributed by atoms with Gasteiger partial charge in [0.15, 0.2) is 9.84 Å². The van der Waals surface area contributed by atoms with Gasteiger partial charge < -0.3 is 15.2 Å². The van der Waals surface area contributed by atoms with Crippen molar-refractivity contribution >= 4 is 9.84 Å². The second-order valence-corrected chi connectivity index (χ2v) is 9.34. The van der Waals surface area contributed by atoms with E-state index in [0.717, 1.165) is 18.8 Å². The molecule has 2 N–H and O–H groups in total. The molecule has 1 saturated carbocycles. The highest BCUT2D eigenvalue weighted by atomic mass is 32.2. The molecule has 0 aromatic rings. The van der Waals surface area contributed by atoms with Crippen molar-refractivity contribution in [2.45, 2.75) is 63.7 Å². The van der Waals surface area contributed by atoms with Gasteiger partial charge in [-0.05, 0) is 44.9 Å². The first-order chi connectivity index (χ1) is 9.78. The van der Waals surface area contributed by atoms with Gasteiger partial charge in [0.25, 0.3) is 0 Å². The van der Waals surface area contributed by atoms with Crippen molar-refractivity contribution in [3.63, 3.8) is 0 Å². The molecule has 1 aliphatic carbocycles. The molecule has 2 rings (SSSR count). The van der Waals surface area contributed by atoms with Crippen LogP contribution in [0.25, 0.3) is 0 Å². The molecule has 21 heavy (non-hydrogen) atoms. The molecule has 2 fully saturated rings. The second kappa shape index (κ2) is 6.94. The van der Waals surface area contributed by atoms with E-state index in [-0.39, 0.29) is 17.6 Å². The van der Waals surface area contributed by atoms with E-state index < -0.39 is 21.5 Å². The standard InChI is InChI=1S/C15H29NO4S/c1-12-3-5-14(6-4-12)20-10-13(17)9-16-15(2)7-8-21(18,19)11-15/h12-14,16-17H,3-11H2,1-2H3. The Balaban J connectivity index is 1.65. The Bertz CT molecular complexity index is 431. The summed E-state index contributed by atoms with van der Waals surface area (Å²) in [6.07, 6.45) is 4.88. The first kappa shape index (κ1) is 17.2. The molecule has 2 unspecified atom stereocenters. The fourth-order valence-electron chi connectivity index (χ4n) is 3.22. The molecule has 1 saturated heterocycles. The van der Waals surface area contributed by atoms with Gasteiger partial charge in [-0.1, -0.05) is 6.92 Å². The number of rotatable bonds is 6. The summed E-state index contributed by atoms with van der Waals surface area (Å²) in [5.41, 5.74) is -0.403. The third kappa shape index (κ3) is 5.51. The van der Waals surface area contributed by atoms with Crippen molar-refractivity contribution in [1.82, 2.24) is 5.32 Å². The van der Waals surface area contributed by atoms with Crippen LogP contribution in [0.15, 0.2) is 0 Å². The number of nitrogens with one attached hydrogen (secondary N) is 1. The third-order valence-electron chi connectivity index (χ3n) is 4.75. The Labute approximate surface area is 128 Å². The summed E-state index contributed by atoms with van der Waals surface area (Å²) in [4.78, 5) is 0. The maximum absolute atomic E-state index is 11.5. The van der Waals surface area contributed by atoms with E-state index in [0.29, 0.717) is 19.6 Å². The third-order valence-corrected chi connectivity index (χ3v) is 6.66. The predicted molar refractivity (Wildman–Crippen MR) is 83.1 cm³/mol. The fraction of sp³-hybridized carbons (Fsp3) is 1.00. The number of sulfone groups is 1. The van der Waals surface area contributed by atoms with E-state index in [1.54, 1.807) is 0 Å². The first-order valence-corrected chi connectivity index (χ1v) is 9.85. The molecule has 0 aromatic heterocycles. The van der Waals surface area contributed by atoms with Crippen LogP contribution in [0.3, 0.4) is 0 Å². The highest BCUT2D eigenvalue weighted by Gasteiger charge is 2.38. The normalized spacial score (nSPS) is 37.5. The van der Waals surface area contributed by atoms with E-state index in [2.05, 4.69) is 12.2 Å². The highest BCUT2D eigenvalue weighted by Crippen LogP contribution is 2.26. The van der Waals surface area contributed by atoms with Gasteiger partial charge in [0.05, 0.1) is 30.3 Å². The maximum Gasteiger partial charge on any atom is 0.152 e. The van der Waals surface area contributed by atoms with Gasteiger partial charge in [-0.3, -0.25) is 0 Å². The molecule has 0 spiro atoms. The average molecular weight is 319 g/mol. The van der Waals surface area contributed by atoms with Crippen LogP contribution in [0.4, 0.5) is 0 Å². The van der Waals surface area contributed by atoms with Crippen molar-refractivity contribution in [3.8, 4) is 0 Å². The number of hydrogen-bond donors (Lipinski definition) is 2. The van der Waals surface area contributed by atoms with Crippen molar-refractivity contribution in [2.24, 2.45) is 5.92 Å². The summed E-state index contributed by atoms with van der Waals surface area (Å²) in [5.74, 6) is 1.19. The van der Waals surface area contributed by atoms with E-state index in [4.69, 9.17) is 4.74 Å². The van der Waals surface area contributed by atoms with Crippen molar-refractivity contribution in [2.75, 3.05) is 24.7 Å². The maximum atomic E-state index is 11.5. The van der Waals surface area contributed by atoms with E-state index in [9.17, 15) is 13.5 Å². The molecule has 0 aromatic carbocycles. The number of β-amino-alcohol motifs (C(OH)–C–C–N with tert-alkyl or cyclic N) is 1. The average Bonchev–Trinajstić information content (AvgIpc) is 2.70. The van der Waals surface area contributed by atoms with Crippen LogP contribution in [0.1, 0.15) is 46.0 Å². The number of aliphatic hydroxyl groups is 1. The Hall–Kier alpha value is -0.170. The van der Waals surface area contributed by atoms with E-state index in [1.165, 1.54) is 12.8 Å². The van der Waals surface area contributed by atoms with Gasteiger partial charge in [0.2, 0.25) is 0 Å². The number of ether oxygens (including phenoxy) is 1. The summed E-state index contributed by atoms with van der Waals surface area (Å²) in [7, 11) is -2.91. The zero-order chi connectivity index (χ0) is 15.5. The van der Waals surface area contributed by atoms with Crippen molar-refractivity contribution in [3.05, 3.63) is 0 Å². The molecule has 2 aliphatic rings. The number of aliphatic hydroxyl groups excluding tert-OH is 1. The van der Waals surface area contributed by atoms with Crippen LogP contribution < -0.4 is 5.32 Å². The smallest absolute Gasteiger partial charge is 0.152 e. The summed E-state index contributed by atoms with van der Waals surface area (Å²) >= 11 is 0. The molecule has 0 amide bonds. The molecule has 2 atom stereocenters. The molecule has 5 nitrogen and oxygen atoms in total. The summed E-state index contributed by atoms with van der Waals surface area (Å²) in [6.45, 7) is 4.89. The van der Waals surface area contributed by atoms with Gasteiger partial charge in [0.1, 0.15) is 0 Å². The minimum Gasteiger partial charge on any atom is -0.389 e. The van der Waals surface area contributed by atoms with Gasteiger partial charge in [-0.25, -0.2) is 8.42 Å². The Morgan fingerprint density at radius 1 is 1.33 bits per heavy atom. The molecule has 1 heterocycles. The first-order valence-electron chi connectivity index (χ1n) is 8.03. The lowest BCUT2D eigenvalue weighted by Gasteiger charge is -2.28. The molecule has 1 aliphatic heterocycles. The van der Waals surface area contributed by atoms with Gasteiger partial charge >= 0.3 is 0 Å². The molecule has 124 valence electrons. The molecule has 0 radical (unpaired) electrons. The summed E-state index contributed by atoms with van der Waals surface area (Å²) < 4.78 is 28.8. The van der Waals surface area contributed by atoms with Gasteiger partial charge in [-0.2, -0.15) is 0 Å². The molecular formula is C15H29NO4S. The van der Waals surface area contributed by atoms with E-state index in [1.807, 2.05) is 6.92 Å². The van der Waals surface area contributed by atoms with Crippen LogP contribution in [-0.2, 0) is 14.6 Å². The zero-order valence-corrected chi connectivity index (χ0v) is 14.0. The monoisotopic (exact) mass is 319 g/mol. The van der Waals surface area contributed by atoms with Gasteiger partial charge in [0, 0.05) is 12.1 Å². The van der Waals surface area contributed by atoms with Crippen LogP contribution in [0, 0.1) is 5.92 Å². The predicted octanol–water partition coefficient (Wildman–Crippen LogP) is 1.11. The van der Waals surface area contributed by atoms with Crippen LogP contribution in [0.2, 0.25) is 0 Å². The molecule has 6 heteroatoms. The van der Waals surface area contributed by atoms with Crippen molar-refractivity contribution < 1.29 is 18.3 Å². The molecular weight excluding hydrogens is 290 g/mol. The Kier molecular flexibility index (Phi) is 5.68. The largest absolute Gasteiger partial charge is 0.389 e. The Morgan fingerprint density at radius 3 is 2.57 bits per heavy atom.